The summed E-state index contributed by atoms with van der Waals surface area (Å²) in [5.41, 5.74) is -0.471. The number of ether oxygens (including phenoxy) is 1. The predicted molar refractivity (Wildman–Crippen MR) is 76.3 cm³/mol. The Labute approximate surface area is 123 Å². The third-order valence-corrected chi connectivity index (χ3v) is 4.19. The monoisotopic (exact) mass is 292 g/mol. The lowest BCUT2D eigenvalue weighted by molar-refractivity contribution is -0.152. The van der Waals surface area contributed by atoms with Gasteiger partial charge in [0.15, 0.2) is 0 Å². The number of carboxylic acid groups (broad SMARTS) is 1. The number of likely N-dealkylation sites (tertiary alicyclic amines) is 1. The number of rotatable bonds is 4. The van der Waals surface area contributed by atoms with E-state index in [4.69, 9.17) is 4.74 Å². The molecule has 1 aliphatic heterocycles. The van der Waals surface area contributed by atoms with E-state index < -0.39 is 11.4 Å². The molecule has 6 heteroatoms. The number of piperidine rings is 1. The van der Waals surface area contributed by atoms with Crippen LogP contribution in [0, 0.1) is 5.41 Å². The lowest BCUT2D eigenvalue weighted by Gasteiger charge is -2.39. The number of carboxylic acids is 1. The van der Waals surface area contributed by atoms with Gasteiger partial charge in [-0.25, -0.2) is 4.98 Å². The van der Waals surface area contributed by atoms with Crippen LogP contribution in [0.15, 0.2) is 18.3 Å². The zero-order chi connectivity index (χ0) is 15.5. The van der Waals surface area contributed by atoms with Crippen molar-refractivity contribution in [2.75, 3.05) is 20.2 Å². The van der Waals surface area contributed by atoms with Crippen molar-refractivity contribution in [1.29, 1.82) is 0 Å². The van der Waals surface area contributed by atoms with Gasteiger partial charge in [0, 0.05) is 19.3 Å². The van der Waals surface area contributed by atoms with Gasteiger partial charge in [0.05, 0.1) is 12.5 Å². The predicted octanol–water partition coefficient (Wildman–Crippen LogP) is 1.81. The molecular formula is C15H20N2O4. The number of hydrogen-bond acceptors (Lipinski definition) is 4. The van der Waals surface area contributed by atoms with Crippen molar-refractivity contribution < 1.29 is 19.4 Å². The van der Waals surface area contributed by atoms with Gasteiger partial charge in [0.2, 0.25) is 5.88 Å². The largest absolute Gasteiger partial charge is 0.481 e. The number of aliphatic carboxylic acids is 1. The summed E-state index contributed by atoms with van der Waals surface area (Å²) in [4.78, 5) is 29.8. The van der Waals surface area contributed by atoms with Crippen molar-refractivity contribution in [1.82, 2.24) is 9.88 Å². The van der Waals surface area contributed by atoms with Crippen LogP contribution in [0.2, 0.25) is 0 Å². The van der Waals surface area contributed by atoms with Crippen LogP contribution >= 0.6 is 0 Å². The van der Waals surface area contributed by atoms with E-state index in [1.807, 2.05) is 6.92 Å². The highest BCUT2D eigenvalue weighted by Gasteiger charge is 2.42. The Morgan fingerprint density at radius 1 is 1.52 bits per heavy atom. The van der Waals surface area contributed by atoms with E-state index in [2.05, 4.69) is 4.98 Å². The molecule has 1 amide bonds. The first kappa shape index (κ1) is 15.3. The zero-order valence-corrected chi connectivity index (χ0v) is 12.3. The highest BCUT2D eigenvalue weighted by Crippen LogP contribution is 2.34. The van der Waals surface area contributed by atoms with Crippen LogP contribution in [0.1, 0.15) is 36.5 Å². The van der Waals surface area contributed by atoms with Crippen molar-refractivity contribution >= 4 is 11.9 Å². The quantitative estimate of drug-likeness (QED) is 0.915. The Morgan fingerprint density at radius 3 is 2.90 bits per heavy atom. The van der Waals surface area contributed by atoms with Gasteiger partial charge in [-0.1, -0.05) is 6.92 Å². The molecule has 21 heavy (non-hydrogen) atoms. The Bertz CT molecular complexity index is 546. The van der Waals surface area contributed by atoms with E-state index in [9.17, 15) is 14.7 Å². The Balaban J connectivity index is 2.25. The maximum Gasteiger partial charge on any atom is 0.311 e. The van der Waals surface area contributed by atoms with Gasteiger partial charge >= 0.3 is 5.97 Å². The second-order valence-corrected chi connectivity index (χ2v) is 5.33. The van der Waals surface area contributed by atoms with Crippen molar-refractivity contribution in [3.63, 3.8) is 0 Å². The summed E-state index contributed by atoms with van der Waals surface area (Å²) in [7, 11) is 1.46. The van der Waals surface area contributed by atoms with Crippen LogP contribution < -0.4 is 4.74 Å². The average Bonchev–Trinajstić information content (AvgIpc) is 2.53. The first-order valence-electron chi connectivity index (χ1n) is 7.06. The third kappa shape index (κ3) is 2.84. The van der Waals surface area contributed by atoms with E-state index in [1.165, 1.54) is 7.11 Å². The molecule has 1 aliphatic rings. The summed E-state index contributed by atoms with van der Waals surface area (Å²) in [6, 6.07) is 3.32. The molecule has 0 aromatic carbocycles. The smallest absolute Gasteiger partial charge is 0.311 e. The number of nitrogens with zero attached hydrogens (tertiary/aromatic N) is 2. The maximum absolute atomic E-state index is 12.6. The molecule has 1 fully saturated rings. The number of carbonyl (C=O) groups is 2. The molecule has 0 saturated carbocycles. The summed E-state index contributed by atoms with van der Waals surface area (Å²) < 4.78 is 5.11. The van der Waals surface area contributed by atoms with Crippen LogP contribution in [-0.4, -0.2) is 47.1 Å². The van der Waals surface area contributed by atoms with E-state index >= 15 is 0 Å². The van der Waals surface area contributed by atoms with Gasteiger partial charge in [-0.05, 0) is 31.4 Å². The van der Waals surface area contributed by atoms with Gasteiger partial charge in [0.25, 0.3) is 5.91 Å². The number of aromatic nitrogens is 1. The molecule has 0 radical (unpaired) electrons. The highest BCUT2D eigenvalue weighted by molar-refractivity contribution is 5.96. The lowest BCUT2D eigenvalue weighted by Crippen LogP contribution is -2.49. The fourth-order valence-corrected chi connectivity index (χ4v) is 2.81. The molecule has 6 nitrogen and oxygen atoms in total. The molecule has 2 rings (SSSR count). The minimum Gasteiger partial charge on any atom is -0.481 e. The molecule has 114 valence electrons. The molecule has 1 aromatic rings. The molecule has 1 unspecified atom stereocenters. The number of hydrogen-bond donors (Lipinski definition) is 1. The van der Waals surface area contributed by atoms with E-state index in [1.54, 1.807) is 23.2 Å². The summed E-state index contributed by atoms with van der Waals surface area (Å²) in [6.45, 7) is 2.65. The number of amides is 1. The molecule has 1 N–H and O–H groups in total. The van der Waals surface area contributed by atoms with Crippen LogP contribution in [0.25, 0.3) is 0 Å². The van der Waals surface area contributed by atoms with Gasteiger partial charge in [-0.2, -0.15) is 0 Å². The van der Waals surface area contributed by atoms with Crippen molar-refractivity contribution in [3.05, 3.63) is 23.9 Å². The van der Waals surface area contributed by atoms with Crippen molar-refractivity contribution in [2.45, 2.75) is 26.2 Å². The summed E-state index contributed by atoms with van der Waals surface area (Å²) in [5.74, 6) is -0.787. The highest BCUT2D eigenvalue weighted by atomic mass is 16.5. The molecule has 1 saturated heterocycles. The number of carbonyl (C=O) groups excluding carboxylic acids is 1. The molecule has 0 aliphatic carbocycles. The summed E-state index contributed by atoms with van der Waals surface area (Å²) >= 11 is 0. The van der Waals surface area contributed by atoms with Gasteiger partial charge in [-0.3, -0.25) is 9.59 Å². The molecule has 1 atom stereocenters. The molecular weight excluding hydrogens is 272 g/mol. The van der Waals surface area contributed by atoms with Gasteiger partial charge in [-0.15, -0.1) is 0 Å². The second kappa shape index (κ2) is 6.11. The number of pyridine rings is 1. The van der Waals surface area contributed by atoms with Gasteiger partial charge < -0.3 is 14.7 Å². The van der Waals surface area contributed by atoms with Crippen LogP contribution in [0.3, 0.4) is 0 Å². The Hall–Kier alpha value is -2.11. The standard InChI is InChI=1S/C15H20N2O4/c1-3-15(14(19)20)7-5-9-17(10-15)13(18)11-6-4-8-16-12(11)21-2/h4,6,8H,3,5,7,9-10H2,1-2H3,(H,19,20). The normalized spacial score (nSPS) is 21.9. The fraction of sp³-hybridized carbons (Fsp3) is 0.533. The first-order valence-corrected chi connectivity index (χ1v) is 7.06. The Morgan fingerprint density at radius 2 is 2.29 bits per heavy atom. The van der Waals surface area contributed by atoms with Crippen molar-refractivity contribution in [3.8, 4) is 5.88 Å². The van der Waals surface area contributed by atoms with E-state index in [0.717, 1.165) is 0 Å². The SMILES string of the molecule is CCC1(C(=O)O)CCCN(C(=O)c2cccnc2OC)C1. The van der Waals surface area contributed by atoms with Crippen LogP contribution in [0.4, 0.5) is 0 Å². The second-order valence-electron chi connectivity index (χ2n) is 5.33. The van der Waals surface area contributed by atoms with Crippen LogP contribution in [-0.2, 0) is 4.79 Å². The lowest BCUT2D eigenvalue weighted by atomic mass is 9.77. The minimum absolute atomic E-state index is 0.223. The fourth-order valence-electron chi connectivity index (χ4n) is 2.81. The van der Waals surface area contributed by atoms with Crippen molar-refractivity contribution in [2.24, 2.45) is 5.41 Å². The molecule has 2 heterocycles. The molecule has 0 bridgehead atoms. The average molecular weight is 292 g/mol. The van der Waals surface area contributed by atoms with Crippen LogP contribution in [0.5, 0.6) is 5.88 Å². The molecule has 1 aromatic heterocycles. The van der Waals surface area contributed by atoms with Gasteiger partial charge in [0.1, 0.15) is 5.56 Å². The maximum atomic E-state index is 12.6. The Kier molecular flexibility index (Phi) is 4.45. The third-order valence-electron chi connectivity index (χ3n) is 4.19. The zero-order valence-electron chi connectivity index (χ0n) is 12.3. The molecule has 0 spiro atoms. The minimum atomic E-state index is -0.844. The number of methoxy groups -OCH3 is 1. The van der Waals surface area contributed by atoms with E-state index in [-0.39, 0.29) is 18.3 Å². The summed E-state index contributed by atoms with van der Waals surface area (Å²) in [6.07, 6.45) is 3.36. The topological polar surface area (TPSA) is 79.7 Å². The first-order chi connectivity index (χ1) is 10.0. The summed E-state index contributed by atoms with van der Waals surface area (Å²) in [5, 5.41) is 9.48. The van der Waals surface area contributed by atoms with E-state index in [0.29, 0.717) is 31.4 Å².